The third-order valence-electron chi connectivity index (χ3n) is 14.4. The molecule has 22 heteroatoms. The summed E-state index contributed by atoms with van der Waals surface area (Å²) >= 11 is 0. The Morgan fingerprint density at radius 2 is 0.895 bits per heavy atom. The van der Waals surface area contributed by atoms with Crippen LogP contribution in [0.25, 0.3) is 44.1 Å². The second kappa shape index (κ2) is 21.5. The van der Waals surface area contributed by atoms with E-state index in [2.05, 4.69) is 19.9 Å². The zero-order valence-corrected chi connectivity index (χ0v) is 42.6. The number of fused-ring (bicyclic) bond motifs is 2. The van der Waals surface area contributed by atoms with Gasteiger partial charge in [-0.15, -0.1) is 0 Å². The third-order valence-corrected chi connectivity index (χ3v) is 14.4. The average molecular weight is 1050 g/mol. The molecular weight excluding hydrogens is 989 g/mol. The van der Waals surface area contributed by atoms with Gasteiger partial charge in [-0.25, -0.2) is 37.5 Å². The number of carbonyl (C=O) groups is 2. The van der Waals surface area contributed by atoms with E-state index in [-0.39, 0.29) is 46.1 Å². The number of aliphatic hydroxyl groups excluding tert-OH is 2. The number of aromatic nitrogens is 8. The van der Waals surface area contributed by atoms with Crippen molar-refractivity contribution in [1.29, 1.82) is 0 Å². The maximum absolute atomic E-state index is 14.6. The molecule has 4 aromatic carbocycles. The van der Waals surface area contributed by atoms with Crippen molar-refractivity contribution in [3.8, 4) is 22.3 Å². The molecule has 2 fully saturated rings. The molecule has 0 spiro atoms. The van der Waals surface area contributed by atoms with Gasteiger partial charge >= 0.3 is 0 Å². The molecule has 0 aliphatic carbocycles. The Labute approximate surface area is 433 Å². The monoisotopic (exact) mass is 1040 g/mol. The van der Waals surface area contributed by atoms with E-state index in [1.54, 1.807) is 108 Å². The summed E-state index contributed by atoms with van der Waals surface area (Å²) in [6.45, 7) is 9.21. The van der Waals surface area contributed by atoms with Gasteiger partial charge in [0.05, 0.1) is 33.9 Å². The van der Waals surface area contributed by atoms with E-state index in [4.69, 9.17) is 10.2 Å². The minimum atomic E-state index is -0.779. The Kier molecular flexibility index (Phi) is 14.9. The summed E-state index contributed by atoms with van der Waals surface area (Å²) in [6, 6.07) is 16.3. The van der Waals surface area contributed by atoms with Crippen molar-refractivity contribution in [1.82, 2.24) is 48.5 Å². The molecule has 2 aliphatic rings. The predicted molar refractivity (Wildman–Crippen MR) is 278 cm³/mol. The predicted octanol–water partition coefficient (Wildman–Crippen LogP) is 5.43. The van der Waals surface area contributed by atoms with E-state index in [1.807, 2.05) is 23.6 Å². The van der Waals surface area contributed by atoms with Crippen LogP contribution in [-0.2, 0) is 23.7 Å². The van der Waals surface area contributed by atoms with Crippen LogP contribution in [0.5, 0.6) is 0 Å². The van der Waals surface area contributed by atoms with E-state index >= 15 is 0 Å². The number of anilines is 2. The highest BCUT2D eigenvalue weighted by Gasteiger charge is 2.31. The minimum absolute atomic E-state index is 0.0924. The largest absolute Gasteiger partial charge is 0.387 e. The maximum atomic E-state index is 14.6. The topological polar surface area (TPSA) is 193 Å². The van der Waals surface area contributed by atoms with Gasteiger partial charge in [-0.1, -0.05) is 24.3 Å². The van der Waals surface area contributed by atoms with Crippen LogP contribution in [0.2, 0.25) is 0 Å². The van der Waals surface area contributed by atoms with Crippen LogP contribution >= 0.6 is 0 Å². The SMILES string of the molecule is CC(c1c(F)cccc1F)n1c2cc(-c3cnc(N4CCN(C(=O)CO)[C@H](C)C4)nc3)ccc2c(=O)n1C.C[C@@H]1CN(c2ncc(-c3ccc4c(=O)n(C)n([C@@H](C)c5c(F)cccc5F)c4c3)cn2)CCN1C(=O)CO. The van der Waals surface area contributed by atoms with Gasteiger partial charge in [0.25, 0.3) is 11.1 Å². The second-order valence-electron chi connectivity index (χ2n) is 19.1. The molecule has 4 atom stereocenters. The fourth-order valence-corrected chi connectivity index (χ4v) is 10.5. The van der Waals surface area contributed by atoms with Crippen molar-refractivity contribution in [3.05, 3.63) is 153 Å². The molecule has 2 aliphatic heterocycles. The van der Waals surface area contributed by atoms with Crippen molar-refractivity contribution < 1.29 is 37.4 Å². The summed E-state index contributed by atoms with van der Waals surface area (Å²) in [7, 11) is 3.15. The van der Waals surface area contributed by atoms with Crippen LogP contribution in [0.3, 0.4) is 0 Å². The number of carbonyl (C=O) groups excluding carboxylic acids is 2. The lowest BCUT2D eigenvalue weighted by Crippen LogP contribution is -2.55. The summed E-state index contributed by atoms with van der Waals surface area (Å²) in [4.78, 5) is 75.0. The highest BCUT2D eigenvalue weighted by Crippen LogP contribution is 2.32. The molecule has 76 heavy (non-hydrogen) atoms. The Hall–Kier alpha value is -8.24. The smallest absolute Gasteiger partial charge is 0.274 e. The molecule has 6 heterocycles. The molecule has 10 rings (SSSR count). The number of aliphatic hydroxyl groups is 2. The summed E-state index contributed by atoms with van der Waals surface area (Å²) in [5, 5.41) is 19.2. The first-order valence-electron chi connectivity index (χ1n) is 24.7. The van der Waals surface area contributed by atoms with Gasteiger partial charge in [0.15, 0.2) is 0 Å². The van der Waals surface area contributed by atoms with Crippen LogP contribution in [0, 0.1) is 23.3 Å². The molecule has 0 bridgehead atoms. The van der Waals surface area contributed by atoms with E-state index < -0.39 is 48.6 Å². The average Bonchev–Trinajstić information content (AvgIpc) is 3.83. The van der Waals surface area contributed by atoms with Crippen LogP contribution in [0.1, 0.15) is 50.9 Å². The fourth-order valence-electron chi connectivity index (χ4n) is 10.5. The molecule has 18 nitrogen and oxygen atoms in total. The van der Waals surface area contributed by atoms with E-state index in [0.29, 0.717) is 84.1 Å². The van der Waals surface area contributed by atoms with Crippen molar-refractivity contribution in [2.24, 2.45) is 14.1 Å². The van der Waals surface area contributed by atoms with Crippen molar-refractivity contribution in [3.63, 3.8) is 0 Å². The first-order valence-corrected chi connectivity index (χ1v) is 24.7. The molecule has 0 radical (unpaired) electrons. The number of halogens is 4. The van der Waals surface area contributed by atoms with Gasteiger partial charge in [0, 0.05) is 112 Å². The lowest BCUT2D eigenvalue weighted by molar-refractivity contribution is -0.137. The first kappa shape index (κ1) is 52.6. The number of piperazine rings is 2. The molecule has 1 unspecified atom stereocenters. The Bertz CT molecular complexity index is 3330. The number of hydrogen-bond donors (Lipinski definition) is 2. The first-order chi connectivity index (χ1) is 36.4. The molecule has 8 aromatic rings. The Morgan fingerprint density at radius 3 is 1.21 bits per heavy atom. The Balaban J connectivity index is 0.000000186. The highest BCUT2D eigenvalue weighted by atomic mass is 19.1. The zero-order valence-electron chi connectivity index (χ0n) is 42.6. The van der Waals surface area contributed by atoms with Crippen molar-refractivity contribution in [2.75, 3.05) is 62.3 Å². The lowest BCUT2D eigenvalue weighted by Gasteiger charge is -2.39. The van der Waals surface area contributed by atoms with Gasteiger partial charge < -0.3 is 29.8 Å². The lowest BCUT2D eigenvalue weighted by atomic mass is 10.1. The van der Waals surface area contributed by atoms with E-state index in [0.717, 1.165) is 11.1 Å². The maximum Gasteiger partial charge on any atom is 0.274 e. The van der Waals surface area contributed by atoms with Gasteiger partial charge in [-0.3, -0.25) is 37.9 Å². The third kappa shape index (κ3) is 9.80. The van der Waals surface area contributed by atoms with Crippen LogP contribution < -0.4 is 20.9 Å². The summed E-state index contributed by atoms with van der Waals surface area (Å²) in [5.74, 6) is -2.25. The number of hydrogen-bond acceptors (Lipinski definition) is 12. The van der Waals surface area contributed by atoms with Gasteiger partial charge in [0.1, 0.15) is 36.5 Å². The molecule has 0 saturated carbocycles. The van der Waals surface area contributed by atoms with Gasteiger partial charge in [0.2, 0.25) is 23.7 Å². The van der Waals surface area contributed by atoms with E-state index in [9.17, 15) is 36.7 Å². The molecule has 2 amide bonds. The molecular formula is C54H56F4N12O6. The molecule has 2 N–H and O–H groups in total. The summed E-state index contributed by atoms with van der Waals surface area (Å²) in [6.07, 6.45) is 6.74. The summed E-state index contributed by atoms with van der Waals surface area (Å²) in [5.41, 5.74) is 3.22. The second-order valence-corrected chi connectivity index (χ2v) is 19.1. The highest BCUT2D eigenvalue weighted by molar-refractivity contribution is 5.86. The summed E-state index contributed by atoms with van der Waals surface area (Å²) < 4.78 is 64.2. The Morgan fingerprint density at radius 1 is 0.553 bits per heavy atom. The number of benzene rings is 4. The zero-order chi connectivity index (χ0) is 54.3. The quantitative estimate of drug-likeness (QED) is 0.166. The van der Waals surface area contributed by atoms with Crippen LogP contribution in [0.15, 0.2) is 107 Å². The molecule has 2 saturated heterocycles. The number of nitrogens with zero attached hydrogens (tertiary/aromatic N) is 12. The van der Waals surface area contributed by atoms with Crippen LogP contribution in [0.4, 0.5) is 29.5 Å². The standard InChI is InChI=1S/2C27H28F2N6O3/c2*1-16-14-33(9-10-34(16)24(37)15-36)27-30-12-19(13-31-27)18-7-8-20-23(11-18)35(32(3)26(20)38)17(2)25-21(28)5-4-6-22(25)29/h2*4-8,11-13,16-17,36H,9-10,14-15H2,1-3H3/t16-,17?;16-,17+/m11/s1. The van der Waals surface area contributed by atoms with Crippen molar-refractivity contribution in [2.45, 2.75) is 51.9 Å². The normalized spacial score (nSPS) is 16.7. The number of rotatable bonds is 10. The molecule has 396 valence electrons. The fraction of sp³-hybridized carbons (Fsp3) is 0.333. The molecule has 4 aromatic heterocycles. The minimum Gasteiger partial charge on any atom is -0.387 e. The van der Waals surface area contributed by atoms with Gasteiger partial charge in [-0.2, -0.15) is 0 Å². The number of amides is 2. The van der Waals surface area contributed by atoms with E-state index in [1.165, 1.54) is 45.8 Å². The van der Waals surface area contributed by atoms with Crippen LogP contribution in [-0.4, -0.2) is 135 Å². The van der Waals surface area contributed by atoms with Gasteiger partial charge in [-0.05, 0) is 87.4 Å². The van der Waals surface area contributed by atoms with Crippen molar-refractivity contribution >= 4 is 45.5 Å².